The summed E-state index contributed by atoms with van der Waals surface area (Å²) in [6, 6.07) is 13.0. The second-order valence-corrected chi connectivity index (χ2v) is 11.3. The number of fused-ring (bicyclic) bond motifs is 1. The summed E-state index contributed by atoms with van der Waals surface area (Å²) in [7, 11) is 0. The van der Waals surface area contributed by atoms with Crippen LogP contribution in [0.4, 0.5) is 11.6 Å². The van der Waals surface area contributed by atoms with E-state index in [4.69, 9.17) is 18.6 Å². The van der Waals surface area contributed by atoms with E-state index in [1.54, 1.807) is 12.1 Å². The zero-order chi connectivity index (χ0) is 27.5. The Kier molecular flexibility index (Phi) is 7.78. The summed E-state index contributed by atoms with van der Waals surface area (Å²) >= 11 is 0. The molecule has 0 spiro atoms. The van der Waals surface area contributed by atoms with Crippen LogP contribution in [0.2, 0.25) is 0 Å². The van der Waals surface area contributed by atoms with Crippen molar-refractivity contribution in [2.45, 2.75) is 26.2 Å². The molecule has 212 valence electrons. The van der Waals surface area contributed by atoms with Crippen LogP contribution in [0, 0.1) is 5.41 Å². The van der Waals surface area contributed by atoms with Gasteiger partial charge in [-0.15, -0.1) is 0 Å². The standard InChI is InChI=1S/C31H37N3O6/c1-31(8-3-9-31)21-39-27-18-22(6-7-25(27)32-28(36)20-33-10-14-37-15-11-33)23-4-2-5-24-26(35)19-29(40-30(23)24)34-12-16-38-17-13-34/h2,4-7,18-19H,3,8-17,20-21H2,1H3,(H,32,36). The smallest absolute Gasteiger partial charge is 0.238 e. The number of anilines is 2. The summed E-state index contributed by atoms with van der Waals surface area (Å²) in [5.74, 6) is 1.08. The summed E-state index contributed by atoms with van der Waals surface area (Å²) < 4.78 is 23.6. The predicted octanol–water partition coefficient (Wildman–Crippen LogP) is 4.14. The van der Waals surface area contributed by atoms with E-state index in [1.807, 2.05) is 35.2 Å². The molecule has 1 amide bonds. The van der Waals surface area contributed by atoms with Crippen molar-refractivity contribution >= 4 is 28.4 Å². The first-order chi connectivity index (χ1) is 19.5. The van der Waals surface area contributed by atoms with Gasteiger partial charge >= 0.3 is 0 Å². The highest BCUT2D eigenvalue weighted by atomic mass is 16.5. The number of hydrogen-bond donors (Lipinski definition) is 1. The molecule has 0 unspecified atom stereocenters. The molecule has 3 fully saturated rings. The average Bonchev–Trinajstić information content (AvgIpc) is 2.96. The van der Waals surface area contributed by atoms with Crippen LogP contribution in [0.5, 0.6) is 5.75 Å². The van der Waals surface area contributed by atoms with E-state index in [9.17, 15) is 9.59 Å². The normalized spacial score (nSPS) is 19.3. The van der Waals surface area contributed by atoms with Crippen molar-refractivity contribution in [3.05, 3.63) is 52.7 Å². The van der Waals surface area contributed by atoms with Gasteiger partial charge in [0.2, 0.25) is 5.91 Å². The van der Waals surface area contributed by atoms with E-state index in [-0.39, 0.29) is 16.8 Å². The number of carbonyl (C=O) groups excluding carboxylic acids is 1. The van der Waals surface area contributed by atoms with Gasteiger partial charge in [0.15, 0.2) is 11.3 Å². The summed E-state index contributed by atoms with van der Waals surface area (Å²) in [5, 5.41) is 3.60. The number of nitrogens with one attached hydrogen (secondary N) is 1. The van der Waals surface area contributed by atoms with Crippen molar-refractivity contribution in [1.82, 2.24) is 4.90 Å². The van der Waals surface area contributed by atoms with Crippen LogP contribution in [-0.2, 0) is 14.3 Å². The van der Waals surface area contributed by atoms with Gasteiger partial charge in [-0.2, -0.15) is 0 Å². The molecule has 0 bridgehead atoms. The molecule has 3 aliphatic rings. The third kappa shape index (κ3) is 5.87. The molecule has 2 aliphatic heterocycles. The van der Waals surface area contributed by atoms with Crippen molar-refractivity contribution in [3.63, 3.8) is 0 Å². The Morgan fingerprint density at radius 2 is 1.75 bits per heavy atom. The topological polar surface area (TPSA) is 93.5 Å². The maximum absolute atomic E-state index is 13.1. The van der Waals surface area contributed by atoms with Crippen LogP contribution in [0.25, 0.3) is 22.1 Å². The number of nitrogens with zero attached hydrogens (tertiary/aromatic N) is 2. The third-order valence-electron chi connectivity index (χ3n) is 8.24. The summed E-state index contributed by atoms with van der Waals surface area (Å²) in [4.78, 5) is 30.2. The molecular formula is C31H37N3O6. The van der Waals surface area contributed by atoms with Gasteiger partial charge in [-0.3, -0.25) is 14.5 Å². The molecule has 1 aromatic heterocycles. The van der Waals surface area contributed by atoms with Gasteiger partial charge in [-0.25, -0.2) is 0 Å². The van der Waals surface area contributed by atoms with E-state index >= 15 is 0 Å². The SMILES string of the molecule is CC1(COc2cc(-c3cccc4c(=O)cc(N5CCOCC5)oc34)ccc2NC(=O)CN2CCOCC2)CCC1. The lowest BCUT2D eigenvalue weighted by Gasteiger charge is -2.38. The number of morpholine rings is 2. The lowest BCUT2D eigenvalue weighted by Crippen LogP contribution is -2.41. The molecule has 3 aromatic rings. The van der Waals surface area contributed by atoms with Crippen LogP contribution in [0.15, 0.2) is 51.7 Å². The molecule has 9 heteroatoms. The Hall–Kier alpha value is -3.40. The van der Waals surface area contributed by atoms with Gasteiger partial charge < -0.3 is 28.8 Å². The number of benzene rings is 2. The van der Waals surface area contributed by atoms with Crippen LogP contribution in [0.1, 0.15) is 26.2 Å². The predicted molar refractivity (Wildman–Crippen MR) is 154 cm³/mol. The minimum absolute atomic E-state index is 0.0778. The maximum atomic E-state index is 13.1. The number of amides is 1. The Labute approximate surface area is 234 Å². The van der Waals surface area contributed by atoms with Crippen LogP contribution >= 0.6 is 0 Å². The summed E-state index contributed by atoms with van der Waals surface area (Å²) in [5.41, 5.74) is 2.90. The molecule has 3 heterocycles. The Morgan fingerprint density at radius 3 is 2.48 bits per heavy atom. The fourth-order valence-corrected chi connectivity index (χ4v) is 5.57. The molecular weight excluding hydrogens is 510 g/mol. The van der Waals surface area contributed by atoms with E-state index in [1.165, 1.54) is 6.42 Å². The number of para-hydroxylation sites is 1. The molecule has 2 saturated heterocycles. The van der Waals surface area contributed by atoms with Gasteiger partial charge in [0.05, 0.1) is 50.7 Å². The molecule has 1 saturated carbocycles. The molecule has 2 aromatic carbocycles. The zero-order valence-corrected chi connectivity index (χ0v) is 23.1. The van der Waals surface area contributed by atoms with Crippen molar-refractivity contribution in [1.29, 1.82) is 0 Å². The molecule has 1 aliphatic carbocycles. The Morgan fingerprint density at radius 1 is 1.00 bits per heavy atom. The molecule has 0 atom stereocenters. The van der Waals surface area contributed by atoms with Gasteiger partial charge in [-0.1, -0.05) is 31.5 Å². The van der Waals surface area contributed by atoms with E-state index in [0.717, 1.165) is 37.1 Å². The van der Waals surface area contributed by atoms with Gasteiger partial charge in [0, 0.05) is 43.2 Å². The van der Waals surface area contributed by atoms with Crippen LogP contribution < -0.4 is 20.4 Å². The third-order valence-corrected chi connectivity index (χ3v) is 8.24. The monoisotopic (exact) mass is 547 g/mol. The van der Waals surface area contributed by atoms with E-state index in [2.05, 4.69) is 17.1 Å². The van der Waals surface area contributed by atoms with E-state index in [0.29, 0.717) is 81.0 Å². The largest absolute Gasteiger partial charge is 0.491 e. The van der Waals surface area contributed by atoms with Crippen LogP contribution in [0.3, 0.4) is 0 Å². The summed E-state index contributed by atoms with van der Waals surface area (Å²) in [6.07, 6.45) is 3.47. The van der Waals surface area contributed by atoms with Crippen molar-refractivity contribution in [2.24, 2.45) is 5.41 Å². The first kappa shape index (κ1) is 26.8. The summed E-state index contributed by atoms with van der Waals surface area (Å²) in [6.45, 7) is 8.44. The zero-order valence-electron chi connectivity index (χ0n) is 23.1. The minimum atomic E-state index is -0.0827. The fraction of sp³-hybridized carbons (Fsp3) is 0.484. The second-order valence-electron chi connectivity index (χ2n) is 11.3. The van der Waals surface area contributed by atoms with E-state index < -0.39 is 0 Å². The number of hydrogen-bond acceptors (Lipinski definition) is 8. The lowest BCUT2D eigenvalue weighted by atomic mass is 9.71. The number of carbonyl (C=O) groups is 1. The molecule has 1 N–H and O–H groups in total. The number of ether oxygens (including phenoxy) is 3. The highest BCUT2D eigenvalue weighted by molar-refractivity contribution is 5.96. The van der Waals surface area contributed by atoms with Gasteiger partial charge in [0.25, 0.3) is 0 Å². The first-order valence-corrected chi connectivity index (χ1v) is 14.2. The van der Waals surface area contributed by atoms with Gasteiger partial charge in [0.1, 0.15) is 11.3 Å². The lowest BCUT2D eigenvalue weighted by molar-refractivity contribution is -0.118. The highest BCUT2D eigenvalue weighted by Gasteiger charge is 2.33. The van der Waals surface area contributed by atoms with Crippen molar-refractivity contribution < 1.29 is 23.4 Å². The molecule has 9 nitrogen and oxygen atoms in total. The van der Waals surface area contributed by atoms with Crippen molar-refractivity contribution in [2.75, 3.05) is 76.0 Å². The number of rotatable bonds is 8. The second kappa shape index (κ2) is 11.6. The average molecular weight is 548 g/mol. The van der Waals surface area contributed by atoms with Crippen molar-refractivity contribution in [3.8, 4) is 16.9 Å². The Balaban J connectivity index is 1.32. The first-order valence-electron chi connectivity index (χ1n) is 14.2. The van der Waals surface area contributed by atoms with Crippen LogP contribution in [-0.4, -0.2) is 76.6 Å². The van der Waals surface area contributed by atoms with Gasteiger partial charge in [-0.05, 0) is 36.6 Å². The minimum Gasteiger partial charge on any atom is -0.491 e. The fourth-order valence-electron chi connectivity index (χ4n) is 5.57. The highest BCUT2D eigenvalue weighted by Crippen LogP contribution is 2.42. The molecule has 0 radical (unpaired) electrons. The molecule has 6 rings (SSSR count). The molecule has 40 heavy (non-hydrogen) atoms. The quantitative estimate of drug-likeness (QED) is 0.450. The Bertz CT molecular complexity index is 1420. The maximum Gasteiger partial charge on any atom is 0.238 e.